The van der Waals surface area contributed by atoms with Gasteiger partial charge in [0.1, 0.15) is 0 Å². The van der Waals surface area contributed by atoms with Gasteiger partial charge in [-0.3, -0.25) is 9.26 Å². The summed E-state index contributed by atoms with van der Waals surface area (Å²) in [5.74, 6) is 0. The van der Waals surface area contributed by atoms with Crippen molar-refractivity contribution in [2.45, 2.75) is 0 Å². The Labute approximate surface area is 52.0 Å². The second kappa shape index (κ2) is 4.53. The first-order valence-corrected chi connectivity index (χ1v) is 2.77. The summed E-state index contributed by atoms with van der Waals surface area (Å²) >= 11 is 0. The van der Waals surface area contributed by atoms with Gasteiger partial charge in [0.15, 0.2) is 17.4 Å². The van der Waals surface area contributed by atoms with Crippen LogP contribution in [-0.4, -0.2) is 36.6 Å². The highest BCUT2D eigenvalue weighted by Crippen LogP contribution is 1.60. The van der Waals surface area contributed by atoms with Crippen LogP contribution in [0.3, 0.4) is 0 Å². The number of hydrogen-bond acceptors (Lipinski definition) is 2. The molecule has 0 spiro atoms. The Morgan fingerprint density at radius 3 is 1.43 bits per heavy atom. The van der Waals surface area contributed by atoms with Gasteiger partial charge in [-0.25, -0.2) is 0 Å². The molecule has 1 N–H and O–H groups in total. The van der Waals surface area contributed by atoms with Crippen molar-refractivity contribution in [1.82, 2.24) is 0 Å². The average Bonchev–Trinajstić information content (AvgIpc) is 0.722. The minimum Gasteiger partial charge on any atom is -0.286 e. The lowest BCUT2D eigenvalue weighted by atomic mass is 12.0. The highest BCUT2D eigenvalue weighted by molar-refractivity contribution is 7.85. The van der Waals surface area contributed by atoms with Crippen molar-refractivity contribution in [2.75, 3.05) is 6.26 Å². The van der Waals surface area contributed by atoms with Crippen LogP contribution < -0.4 is 0 Å². The minimum atomic E-state index is -3.67. The van der Waals surface area contributed by atoms with Crippen LogP contribution in [0, 0.1) is 0 Å². The van der Waals surface area contributed by atoms with E-state index in [1.54, 1.807) is 0 Å². The molecule has 0 unspecified atom stereocenters. The molecule has 0 saturated carbocycles. The highest BCUT2D eigenvalue weighted by Gasteiger charge is 1.81. The summed E-state index contributed by atoms with van der Waals surface area (Å²) in [6, 6.07) is 0. The van der Waals surface area contributed by atoms with Gasteiger partial charge in [-0.2, -0.15) is 8.42 Å². The summed E-state index contributed by atoms with van der Waals surface area (Å²) in [6.45, 7) is 0. The number of halogens is 1. The van der Waals surface area contributed by atoms with E-state index in [0.29, 0.717) is 6.26 Å². The molecule has 0 aliphatic carbocycles. The van der Waals surface area contributed by atoms with E-state index in [0.717, 1.165) is 0 Å². The molecule has 0 fully saturated rings. The lowest BCUT2D eigenvalue weighted by Gasteiger charge is -1.69. The molecule has 3 nitrogen and oxygen atoms in total. The van der Waals surface area contributed by atoms with Gasteiger partial charge in [0.25, 0.3) is 10.1 Å². The fraction of sp³-hybridized carbons (Fsp3) is 1.00. The van der Waals surface area contributed by atoms with Gasteiger partial charge in [0.05, 0.1) is 6.26 Å². The largest absolute Gasteiger partial charge is 0.286 e. The smallest absolute Gasteiger partial charge is 0.261 e. The van der Waals surface area contributed by atoms with Crippen LogP contribution >= 0.6 is 0 Å². The Balaban J connectivity index is -0.0000000800. The third-order valence-electron chi connectivity index (χ3n) is 0. The zero-order valence-electron chi connectivity index (χ0n) is 3.08. The van der Waals surface area contributed by atoms with Crippen LogP contribution in [0.4, 0.5) is 4.70 Å². The van der Waals surface area contributed by atoms with Crippen LogP contribution in [0.25, 0.3) is 0 Å². The number of rotatable bonds is 0. The molecule has 0 saturated heterocycles. The van der Waals surface area contributed by atoms with Crippen LogP contribution in [-0.2, 0) is 10.1 Å². The van der Waals surface area contributed by atoms with Gasteiger partial charge < -0.3 is 0 Å². The third-order valence-corrected chi connectivity index (χ3v) is 0. The summed E-state index contributed by atoms with van der Waals surface area (Å²) in [6.07, 6.45) is 0.715. The standard InChI is InChI=1S/CH4O3S.Al.FH.3H/c1-5(2,3)4;;;;;/h1H3,(H,2,3,4);;1H;;;. The van der Waals surface area contributed by atoms with Crippen LogP contribution in [0.1, 0.15) is 0 Å². The molecule has 0 atom stereocenters. The molecule has 0 radical (unpaired) electrons. The van der Waals surface area contributed by atoms with Crippen molar-refractivity contribution in [3.63, 3.8) is 0 Å². The second-order valence-electron chi connectivity index (χ2n) is 0.733. The van der Waals surface area contributed by atoms with Crippen molar-refractivity contribution in [3.8, 4) is 0 Å². The fourth-order valence-corrected chi connectivity index (χ4v) is 0. The molecule has 0 aliphatic rings. The van der Waals surface area contributed by atoms with Crippen molar-refractivity contribution >= 4 is 27.5 Å². The predicted molar refractivity (Wildman–Crippen MR) is 29.9 cm³/mol. The molecule has 46 valence electrons. The summed E-state index contributed by atoms with van der Waals surface area (Å²) in [5.41, 5.74) is 0. The maximum atomic E-state index is 9.19. The lowest BCUT2D eigenvalue weighted by molar-refractivity contribution is 0.490. The molecule has 6 heteroatoms. The van der Waals surface area contributed by atoms with Crippen LogP contribution in [0.15, 0.2) is 0 Å². The summed E-state index contributed by atoms with van der Waals surface area (Å²) < 4.78 is 25.9. The second-order valence-corrected chi connectivity index (χ2v) is 2.20. The molecule has 7 heavy (non-hydrogen) atoms. The van der Waals surface area contributed by atoms with E-state index in [2.05, 4.69) is 0 Å². The summed E-state index contributed by atoms with van der Waals surface area (Å²) in [5, 5.41) is 0. The quantitative estimate of drug-likeness (QED) is 0.333. The van der Waals surface area contributed by atoms with Crippen molar-refractivity contribution < 1.29 is 17.7 Å². The van der Waals surface area contributed by atoms with Crippen molar-refractivity contribution in [1.29, 1.82) is 0 Å². The van der Waals surface area contributed by atoms with E-state index in [4.69, 9.17) is 4.55 Å². The Morgan fingerprint density at radius 2 is 1.43 bits per heavy atom. The normalized spacial score (nSPS) is 8.29. The van der Waals surface area contributed by atoms with Gasteiger partial charge in [-0.15, -0.1) is 0 Å². The molecule has 0 aromatic heterocycles. The van der Waals surface area contributed by atoms with Gasteiger partial charge >= 0.3 is 0 Å². The van der Waals surface area contributed by atoms with E-state index in [1.807, 2.05) is 0 Å². The molecule has 0 aromatic rings. The van der Waals surface area contributed by atoms with Gasteiger partial charge in [0.2, 0.25) is 0 Å². The molecular formula is CH8AlFO3S. The van der Waals surface area contributed by atoms with Gasteiger partial charge in [0, 0.05) is 0 Å². The molecule has 0 aromatic carbocycles. The van der Waals surface area contributed by atoms with E-state index >= 15 is 0 Å². The van der Waals surface area contributed by atoms with E-state index < -0.39 is 10.1 Å². The third kappa shape index (κ3) is 878. The Bertz CT molecular complexity index is 98.1. The monoisotopic (exact) mass is 146 g/mol. The summed E-state index contributed by atoms with van der Waals surface area (Å²) in [7, 11) is -3.67. The first kappa shape index (κ1) is 15.7. The van der Waals surface area contributed by atoms with E-state index in [1.165, 1.54) is 0 Å². The number of hydrogen-bond donors (Lipinski definition) is 1. The Kier molecular flexibility index (Phi) is 10.1. The molecular weight excluding hydrogens is 138 g/mol. The van der Waals surface area contributed by atoms with Gasteiger partial charge in [-0.1, -0.05) is 0 Å². The van der Waals surface area contributed by atoms with E-state index in [9.17, 15) is 8.42 Å². The minimum absolute atomic E-state index is 0. The fourth-order valence-electron chi connectivity index (χ4n) is 0. The Morgan fingerprint density at radius 1 is 1.43 bits per heavy atom. The van der Waals surface area contributed by atoms with Crippen molar-refractivity contribution in [2.24, 2.45) is 0 Å². The summed E-state index contributed by atoms with van der Waals surface area (Å²) in [4.78, 5) is 0. The zero-order chi connectivity index (χ0) is 4.50. The molecule has 0 rings (SSSR count). The maximum Gasteiger partial charge on any atom is 0.261 e. The predicted octanol–water partition coefficient (Wildman–Crippen LogP) is -1.53. The molecule has 0 aliphatic heterocycles. The molecule has 0 heterocycles. The molecule has 0 amide bonds. The zero-order valence-corrected chi connectivity index (χ0v) is 3.90. The highest BCUT2D eigenvalue weighted by atomic mass is 32.2. The SMILES string of the molecule is CS(=O)(=O)O.F.[AlH3]. The first-order valence-electron chi connectivity index (χ1n) is 0.924. The Hall–Kier alpha value is 0.372. The van der Waals surface area contributed by atoms with E-state index in [-0.39, 0.29) is 22.1 Å². The average molecular weight is 146 g/mol. The van der Waals surface area contributed by atoms with Crippen LogP contribution in [0.5, 0.6) is 0 Å². The molecule has 0 bridgehead atoms. The van der Waals surface area contributed by atoms with Crippen molar-refractivity contribution in [3.05, 3.63) is 0 Å². The lowest BCUT2D eigenvalue weighted by Crippen LogP contribution is -1.88. The maximum absolute atomic E-state index is 9.19. The topological polar surface area (TPSA) is 54.4 Å². The van der Waals surface area contributed by atoms with Gasteiger partial charge in [-0.05, 0) is 0 Å². The first-order chi connectivity index (χ1) is 2.00. The van der Waals surface area contributed by atoms with Crippen LogP contribution in [0.2, 0.25) is 0 Å².